The highest BCUT2D eigenvalue weighted by Gasteiger charge is 2.23. The van der Waals surface area contributed by atoms with Gasteiger partial charge in [0.25, 0.3) is 0 Å². The highest BCUT2D eigenvalue weighted by Crippen LogP contribution is 2.35. The molecule has 2 aromatic rings. The fourth-order valence-corrected chi connectivity index (χ4v) is 4.65. The summed E-state index contributed by atoms with van der Waals surface area (Å²) in [6, 6.07) is 13.6. The van der Waals surface area contributed by atoms with Gasteiger partial charge >= 0.3 is 0 Å². The molecule has 0 saturated carbocycles. The molecule has 0 saturated heterocycles. The predicted molar refractivity (Wildman–Crippen MR) is 149 cm³/mol. The molecule has 2 heteroatoms. The Kier molecular flexibility index (Phi) is 8.04. The smallest absolute Gasteiger partial charge is 0.0519 e. The van der Waals surface area contributed by atoms with Gasteiger partial charge in [0.15, 0.2) is 0 Å². The van der Waals surface area contributed by atoms with Gasteiger partial charge in [-0.2, -0.15) is 0 Å². The second-order valence-corrected chi connectivity index (χ2v) is 9.59. The quantitative estimate of drug-likeness (QED) is 0.357. The maximum atomic E-state index is 4.38. The van der Waals surface area contributed by atoms with Crippen molar-refractivity contribution in [2.45, 2.75) is 66.5 Å². The lowest BCUT2D eigenvalue weighted by Crippen LogP contribution is -2.20. The van der Waals surface area contributed by atoms with Crippen LogP contribution in [0.3, 0.4) is 0 Å². The summed E-state index contributed by atoms with van der Waals surface area (Å²) in [5, 5.41) is 7.16. The third-order valence-corrected chi connectivity index (χ3v) is 7.13. The van der Waals surface area contributed by atoms with E-state index in [1.54, 1.807) is 0 Å². The minimum Gasteiger partial charge on any atom is -0.381 e. The Hall–Kier alpha value is -3.26. The molecule has 1 atom stereocenters. The maximum absolute atomic E-state index is 4.38. The Labute approximate surface area is 206 Å². The van der Waals surface area contributed by atoms with Gasteiger partial charge in [0, 0.05) is 17.9 Å². The zero-order valence-electron chi connectivity index (χ0n) is 21.7. The van der Waals surface area contributed by atoms with Crippen molar-refractivity contribution in [3.05, 3.63) is 124 Å². The summed E-state index contributed by atoms with van der Waals surface area (Å²) in [6.45, 7) is 28.5. The van der Waals surface area contributed by atoms with Gasteiger partial charge in [0.2, 0.25) is 0 Å². The van der Waals surface area contributed by atoms with E-state index in [4.69, 9.17) is 0 Å². The number of allylic oxidation sites excluding steroid dienone is 3. The van der Waals surface area contributed by atoms with Gasteiger partial charge in [0.05, 0.1) is 6.04 Å². The summed E-state index contributed by atoms with van der Waals surface area (Å²) in [5.41, 5.74) is 14.1. The second-order valence-electron chi connectivity index (χ2n) is 9.59. The molecular formula is C32H40N2. The monoisotopic (exact) mass is 452 g/mol. The van der Waals surface area contributed by atoms with E-state index in [9.17, 15) is 0 Å². The van der Waals surface area contributed by atoms with Crippen LogP contribution in [0.2, 0.25) is 0 Å². The Morgan fingerprint density at radius 2 is 1.68 bits per heavy atom. The number of hydrogen-bond donors (Lipinski definition) is 2. The molecule has 0 bridgehead atoms. The molecule has 2 N–H and O–H groups in total. The van der Waals surface area contributed by atoms with Crippen LogP contribution in [0.1, 0.15) is 73.0 Å². The van der Waals surface area contributed by atoms with Gasteiger partial charge in [-0.3, -0.25) is 0 Å². The SMILES string of the molecule is C=C(NCc1ccc(C)c(C)c1)C(=C)/C(CC)=C(\C)C(=C)NC1CCc2cc(C(=C)C)ccc21. The van der Waals surface area contributed by atoms with Crippen molar-refractivity contribution in [1.82, 2.24) is 10.6 Å². The van der Waals surface area contributed by atoms with E-state index < -0.39 is 0 Å². The molecule has 0 aliphatic heterocycles. The van der Waals surface area contributed by atoms with Crippen molar-refractivity contribution in [2.75, 3.05) is 0 Å². The van der Waals surface area contributed by atoms with Crippen LogP contribution in [-0.4, -0.2) is 0 Å². The van der Waals surface area contributed by atoms with Crippen LogP contribution in [0.4, 0.5) is 0 Å². The zero-order valence-corrected chi connectivity index (χ0v) is 21.7. The van der Waals surface area contributed by atoms with E-state index in [1.807, 2.05) is 0 Å². The lowest BCUT2D eigenvalue weighted by Gasteiger charge is -2.22. The summed E-state index contributed by atoms with van der Waals surface area (Å²) in [6.07, 6.45) is 3.03. The average Bonchev–Trinajstić information content (AvgIpc) is 3.21. The number of rotatable bonds is 10. The minimum absolute atomic E-state index is 0.286. The third kappa shape index (κ3) is 5.62. The van der Waals surface area contributed by atoms with Crippen molar-refractivity contribution >= 4 is 5.57 Å². The molecule has 178 valence electrons. The van der Waals surface area contributed by atoms with Crippen molar-refractivity contribution in [3.8, 4) is 0 Å². The Morgan fingerprint density at radius 1 is 0.941 bits per heavy atom. The number of hydrogen-bond acceptors (Lipinski definition) is 2. The summed E-state index contributed by atoms with van der Waals surface area (Å²) in [4.78, 5) is 0. The molecule has 0 fully saturated rings. The van der Waals surface area contributed by atoms with Crippen molar-refractivity contribution in [1.29, 1.82) is 0 Å². The average molecular weight is 453 g/mol. The highest BCUT2D eigenvalue weighted by molar-refractivity contribution is 5.63. The molecule has 1 aliphatic rings. The number of fused-ring (bicyclic) bond motifs is 1. The van der Waals surface area contributed by atoms with Gasteiger partial charge in [0.1, 0.15) is 0 Å². The first-order valence-corrected chi connectivity index (χ1v) is 12.2. The topological polar surface area (TPSA) is 24.1 Å². The maximum Gasteiger partial charge on any atom is 0.0519 e. The molecule has 0 aromatic heterocycles. The number of aryl methyl sites for hydroxylation is 3. The molecule has 3 rings (SSSR count). The van der Waals surface area contributed by atoms with Crippen LogP contribution in [0.5, 0.6) is 0 Å². The fourth-order valence-electron chi connectivity index (χ4n) is 4.65. The van der Waals surface area contributed by atoms with Gasteiger partial charge in [-0.25, -0.2) is 0 Å². The Balaban J connectivity index is 1.68. The predicted octanol–water partition coefficient (Wildman–Crippen LogP) is 8.01. The van der Waals surface area contributed by atoms with E-state index in [0.717, 1.165) is 53.9 Å². The van der Waals surface area contributed by atoms with Gasteiger partial charge in [-0.1, -0.05) is 75.2 Å². The first-order valence-electron chi connectivity index (χ1n) is 12.2. The molecule has 0 amide bonds. The lowest BCUT2D eigenvalue weighted by molar-refractivity contribution is 0.597. The fraction of sp³-hybridized carbons (Fsp3) is 0.312. The molecule has 34 heavy (non-hydrogen) atoms. The summed E-state index contributed by atoms with van der Waals surface area (Å²) < 4.78 is 0. The van der Waals surface area contributed by atoms with Gasteiger partial charge < -0.3 is 10.6 Å². The second kappa shape index (κ2) is 10.8. The van der Waals surface area contributed by atoms with Crippen LogP contribution in [0.25, 0.3) is 5.57 Å². The zero-order chi connectivity index (χ0) is 25.0. The lowest BCUT2D eigenvalue weighted by atomic mass is 9.95. The van der Waals surface area contributed by atoms with Crippen molar-refractivity contribution in [3.63, 3.8) is 0 Å². The van der Waals surface area contributed by atoms with Crippen LogP contribution < -0.4 is 10.6 Å². The third-order valence-electron chi connectivity index (χ3n) is 7.13. The summed E-state index contributed by atoms with van der Waals surface area (Å²) in [7, 11) is 0. The molecule has 2 nitrogen and oxygen atoms in total. The van der Waals surface area contributed by atoms with Crippen molar-refractivity contribution < 1.29 is 0 Å². The largest absolute Gasteiger partial charge is 0.381 e. The van der Waals surface area contributed by atoms with E-state index in [1.165, 1.54) is 39.0 Å². The first kappa shape index (κ1) is 25.4. The molecule has 0 radical (unpaired) electrons. The first-order chi connectivity index (χ1) is 16.1. The van der Waals surface area contributed by atoms with Crippen LogP contribution >= 0.6 is 0 Å². The summed E-state index contributed by atoms with van der Waals surface area (Å²) >= 11 is 0. The van der Waals surface area contributed by atoms with E-state index in [2.05, 4.69) is 108 Å². The van der Waals surface area contributed by atoms with Gasteiger partial charge in [-0.05, 0) is 97.1 Å². The number of benzene rings is 2. The van der Waals surface area contributed by atoms with Crippen LogP contribution in [0.15, 0.2) is 90.8 Å². The van der Waals surface area contributed by atoms with E-state index >= 15 is 0 Å². The molecule has 0 spiro atoms. The minimum atomic E-state index is 0.286. The normalized spacial score (nSPS) is 15.3. The molecule has 1 unspecified atom stereocenters. The van der Waals surface area contributed by atoms with Crippen LogP contribution in [-0.2, 0) is 13.0 Å². The van der Waals surface area contributed by atoms with Crippen LogP contribution in [0, 0.1) is 13.8 Å². The number of nitrogens with one attached hydrogen (secondary N) is 2. The van der Waals surface area contributed by atoms with E-state index in [-0.39, 0.29) is 6.04 Å². The standard InChI is InChI=1S/C32H40N2/c1-10-30(23(6)25(8)33-19-27-12-11-21(4)22(5)17-27)24(7)26(9)34-32-16-14-29-18-28(20(2)3)13-15-31(29)32/h11-13,15,17-18,32-34H,2,6,8-10,14,16,19H2,1,3-5,7H3/b30-24+. The molecular weight excluding hydrogens is 412 g/mol. The highest BCUT2D eigenvalue weighted by atomic mass is 14.9. The molecule has 2 aromatic carbocycles. The molecule has 1 aliphatic carbocycles. The Bertz CT molecular complexity index is 1180. The van der Waals surface area contributed by atoms with E-state index in [0.29, 0.717) is 0 Å². The molecule has 0 heterocycles. The summed E-state index contributed by atoms with van der Waals surface area (Å²) in [5.74, 6) is 0. The van der Waals surface area contributed by atoms with Gasteiger partial charge in [-0.15, -0.1) is 0 Å². The Morgan fingerprint density at radius 3 is 2.32 bits per heavy atom. The van der Waals surface area contributed by atoms with Crippen molar-refractivity contribution in [2.24, 2.45) is 0 Å².